The number of aliphatic hydroxyl groups is 1. The van der Waals surface area contributed by atoms with Gasteiger partial charge in [0.05, 0.1) is 6.61 Å². The van der Waals surface area contributed by atoms with Crippen LogP contribution in [0.5, 0.6) is 0 Å². The highest BCUT2D eigenvalue weighted by Crippen LogP contribution is 2.31. The van der Waals surface area contributed by atoms with Crippen LogP contribution in [-0.2, 0) is 0 Å². The largest absolute Gasteiger partial charge is 0.395 e. The van der Waals surface area contributed by atoms with Gasteiger partial charge in [-0.3, -0.25) is 0 Å². The van der Waals surface area contributed by atoms with E-state index in [9.17, 15) is 9.50 Å². The molecule has 3 nitrogen and oxygen atoms in total. The van der Waals surface area contributed by atoms with Crippen molar-refractivity contribution in [2.24, 2.45) is 5.73 Å². The van der Waals surface area contributed by atoms with Crippen molar-refractivity contribution in [3.05, 3.63) is 29.1 Å². The van der Waals surface area contributed by atoms with Gasteiger partial charge in [-0.25, -0.2) is 4.39 Å². The van der Waals surface area contributed by atoms with Gasteiger partial charge in [0.25, 0.3) is 0 Å². The molecule has 0 saturated heterocycles. The number of benzene rings is 1. The molecule has 1 aromatic carbocycles. The fourth-order valence-electron chi connectivity index (χ4n) is 2.63. The number of aliphatic hydroxyl groups excluding tert-OH is 1. The predicted octanol–water partition coefficient (Wildman–Crippen LogP) is 3.14. The third-order valence-electron chi connectivity index (χ3n) is 3.83. The van der Waals surface area contributed by atoms with Gasteiger partial charge >= 0.3 is 0 Å². The fraction of sp³-hybridized carbons (Fsp3) is 0.625. The summed E-state index contributed by atoms with van der Waals surface area (Å²) in [6.07, 6.45) is 1.95. The molecular weight excluding hydrogens is 255 g/mol. The zero-order chi connectivity index (χ0) is 15.3. The zero-order valence-electron chi connectivity index (χ0n) is 13.0. The van der Waals surface area contributed by atoms with Crippen molar-refractivity contribution in [1.82, 2.24) is 0 Å². The Kier molecular flexibility index (Phi) is 6.43. The number of hydrogen-bond donors (Lipinski definition) is 2. The minimum atomic E-state index is -0.240. The highest BCUT2D eigenvalue weighted by atomic mass is 19.1. The lowest BCUT2D eigenvalue weighted by Crippen LogP contribution is -2.38. The first kappa shape index (κ1) is 16.9. The molecule has 0 aliphatic rings. The van der Waals surface area contributed by atoms with E-state index in [1.54, 1.807) is 6.92 Å². The summed E-state index contributed by atoms with van der Waals surface area (Å²) in [6, 6.07) is 3.46. The summed E-state index contributed by atoms with van der Waals surface area (Å²) in [7, 11) is 0. The molecule has 0 bridgehead atoms. The maximum atomic E-state index is 13.8. The molecular formula is C16H27FN2O. The summed E-state index contributed by atoms with van der Waals surface area (Å²) in [4.78, 5) is 2.16. The Bertz CT molecular complexity index is 431. The van der Waals surface area contributed by atoms with Crippen LogP contribution in [0.25, 0.3) is 0 Å². The van der Waals surface area contributed by atoms with Crippen molar-refractivity contribution in [3.63, 3.8) is 0 Å². The number of nitrogens with zero attached hydrogens (tertiary/aromatic N) is 1. The van der Waals surface area contributed by atoms with E-state index in [-0.39, 0.29) is 18.5 Å². The third kappa shape index (κ3) is 3.70. The van der Waals surface area contributed by atoms with Gasteiger partial charge in [-0.2, -0.15) is 0 Å². The maximum Gasteiger partial charge on any atom is 0.126 e. The van der Waals surface area contributed by atoms with E-state index >= 15 is 0 Å². The van der Waals surface area contributed by atoms with Crippen molar-refractivity contribution in [3.8, 4) is 0 Å². The molecule has 0 aromatic heterocycles. The molecule has 0 unspecified atom stereocenters. The SMILES string of the molecule is CCC(CC)N(CCO)c1cc(C)c(F)cc1[C@H](C)N. The Morgan fingerprint density at radius 3 is 2.35 bits per heavy atom. The van der Waals surface area contributed by atoms with Gasteiger partial charge in [-0.1, -0.05) is 13.8 Å². The first-order chi connectivity index (χ1) is 9.46. The molecule has 0 saturated carbocycles. The molecule has 0 aliphatic carbocycles. The maximum absolute atomic E-state index is 13.8. The van der Waals surface area contributed by atoms with E-state index in [1.807, 2.05) is 13.0 Å². The number of rotatable bonds is 7. The van der Waals surface area contributed by atoms with Crippen molar-refractivity contribution >= 4 is 5.69 Å². The molecule has 3 N–H and O–H groups in total. The average Bonchev–Trinajstić information content (AvgIpc) is 2.41. The molecule has 1 rings (SSSR count). The van der Waals surface area contributed by atoms with Gasteiger partial charge in [0.2, 0.25) is 0 Å². The van der Waals surface area contributed by atoms with Crippen molar-refractivity contribution in [2.45, 2.75) is 52.6 Å². The first-order valence-corrected chi connectivity index (χ1v) is 7.39. The number of halogens is 1. The minimum absolute atomic E-state index is 0.0747. The van der Waals surface area contributed by atoms with Gasteiger partial charge in [-0.05, 0) is 49.9 Å². The van der Waals surface area contributed by atoms with Gasteiger partial charge in [0.1, 0.15) is 5.82 Å². The van der Waals surface area contributed by atoms with Crippen LogP contribution in [0.1, 0.15) is 50.8 Å². The molecule has 20 heavy (non-hydrogen) atoms. The van der Waals surface area contributed by atoms with E-state index in [2.05, 4.69) is 18.7 Å². The highest BCUT2D eigenvalue weighted by molar-refractivity contribution is 5.57. The standard InChI is InChI=1S/C16H27FN2O/c1-5-13(6-2)19(7-8-20)16-9-11(3)15(17)10-14(16)12(4)18/h9-10,12-13,20H,5-8,18H2,1-4H3/t12-/m0/s1. The van der Waals surface area contributed by atoms with Crippen LogP contribution in [-0.4, -0.2) is 24.3 Å². The fourth-order valence-corrected chi connectivity index (χ4v) is 2.63. The molecule has 0 heterocycles. The second kappa shape index (κ2) is 7.60. The van der Waals surface area contributed by atoms with E-state index < -0.39 is 0 Å². The van der Waals surface area contributed by atoms with Crippen molar-refractivity contribution in [2.75, 3.05) is 18.1 Å². The highest BCUT2D eigenvalue weighted by Gasteiger charge is 2.21. The van der Waals surface area contributed by atoms with E-state index in [0.717, 1.165) is 24.1 Å². The summed E-state index contributed by atoms with van der Waals surface area (Å²) in [6.45, 7) is 8.48. The average molecular weight is 282 g/mol. The van der Waals surface area contributed by atoms with Gasteiger partial charge in [-0.15, -0.1) is 0 Å². The molecule has 114 valence electrons. The van der Waals surface area contributed by atoms with Crippen LogP contribution >= 0.6 is 0 Å². The van der Waals surface area contributed by atoms with Crippen LogP contribution in [0.3, 0.4) is 0 Å². The molecule has 0 amide bonds. The van der Waals surface area contributed by atoms with Crippen LogP contribution in [0.15, 0.2) is 12.1 Å². The van der Waals surface area contributed by atoms with Crippen molar-refractivity contribution in [1.29, 1.82) is 0 Å². The second-order valence-corrected chi connectivity index (χ2v) is 5.34. The molecule has 0 spiro atoms. The summed E-state index contributed by atoms with van der Waals surface area (Å²) in [5, 5.41) is 9.34. The molecule has 0 radical (unpaired) electrons. The monoisotopic (exact) mass is 282 g/mol. The molecule has 0 aliphatic heterocycles. The molecule has 0 fully saturated rings. The number of nitrogens with two attached hydrogens (primary N) is 1. The molecule has 1 aromatic rings. The van der Waals surface area contributed by atoms with Crippen LogP contribution in [0, 0.1) is 12.7 Å². The Morgan fingerprint density at radius 1 is 1.30 bits per heavy atom. The zero-order valence-corrected chi connectivity index (χ0v) is 13.0. The molecule has 1 atom stereocenters. The lowest BCUT2D eigenvalue weighted by atomic mass is 10.00. The van der Waals surface area contributed by atoms with E-state index in [0.29, 0.717) is 18.2 Å². The quantitative estimate of drug-likeness (QED) is 0.807. The smallest absolute Gasteiger partial charge is 0.126 e. The number of anilines is 1. The number of hydrogen-bond acceptors (Lipinski definition) is 3. The van der Waals surface area contributed by atoms with Gasteiger partial charge in [0.15, 0.2) is 0 Å². The van der Waals surface area contributed by atoms with Crippen molar-refractivity contribution < 1.29 is 9.50 Å². The lowest BCUT2D eigenvalue weighted by Gasteiger charge is -2.34. The lowest BCUT2D eigenvalue weighted by molar-refractivity contribution is 0.295. The topological polar surface area (TPSA) is 49.5 Å². The Labute approximate surface area is 121 Å². The Balaban J connectivity index is 3.33. The molecule has 4 heteroatoms. The summed E-state index contributed by atoms with van der Waals surface area (Å²) >= 11 is 0. The van der Waals surface area contributed by atoms with Gasteiger partial charge < -0.3 is 15.7 Å². The van der Waals surface area contributed by atoms with E-state index in [1.165, 1.54) is 6.07 Å². The number of aryl methyl sites for hydroxylation is 1. The van der Waals surface area contributed by atoms with Crippen LogP contribution in [0.4, 0.5) is 10.1 Å². The second-order valence-electron chi connectivity index (χ2n) is 5.34. The summed E-state index contributed by atoms with van der Waals surface area (Å²) < 4.78 is 13.8. The summed E-state index contributed by atoms with van der Waals surface area (Å²) in [5.41, 5.74) is 8.35. The van der Waals surface area contributed by atoms with Gasteiger partial charge in [0, 0.05) is 24.3 Å². The Morgan fingerprint density at radius 2 is 1.90 bits per heavy atom. The third-order valence-corrected chi connectivity index (χ3v) is 3.83. The predicted molar refractivity (Wildman–Crippen MR) is 82.5 cm³/mol. The summed E-state index contributed by atoms with van der Waals surface area (Å²) in [5.74, 6) is -0.227. The normalized spacial score (nSPS) is 12.8. The van der Waals surface area contributed by atoms with E-state index in [4.69, 9.17) is 5.73 Å². The van der Waals surface area contributed by atoms with Crippen LogP contribution in [0.2, 0.25) is 0 Å². The van der Waals surface area contributed by atoms with Crippen LogP contribution < -0.4 is 10.6 Å². The minimum Gasteiger partial charge on any atom is -0.395 e. The Hall–Kier alpha value is -1.13. The first-order valence-electron chi connectivity index (χ1n) is 7.39.